The molecule has 0 bridgehead atoms. The van der Waals surface area contributed by atoms with Gasteiger partial charge in [-0.25, -0.2) is 4.79 Å². The second kappa shape index (κ2) is 3.81. The number of esters is 1. The third kappa shape index (κ3) is 1.75. The first-order valence-electron chi connectivity index (χ1n) is 4.79. The smallest absolute Gasteiger partial charge is 0.331 e. The van der Waals surface area contributed by atoms with Crippen molar-refractivity contribution in [1.29, 1.82) is 0 Å². The van der Waals surface area contributed by atoms with Gasteiger partial charge in [0.25, 0.3) is 0 Å². The van der Waals surface area contributed by atoms with E-state index in [0.29, 0.717) is 6.61 Å². The molecule has 0 saturated heterocycles. The summed E-state index contributed by atoms with van der Waals surface area (Å²) in [5.74, 6) is 0.485. The Morgan fingerprint density at radius 1 is 1.60 bits per heavy atom. The Morgan fingerprint density at radius 2 is 2.40 bits per heavy atom. The summed E-state index contributed by atoms with van der Waals surface area (Å²) in [6, 6.07) is 5.36. The van der Waals surface area contributed by atoms with Gasteiger partial charge in [0.2, 0.25) is 0 Å². The predicted molar refractivity (Wildman–Crippen MR) is 56.1 cm³/mol. The highest BCUT2D eigenvalue weighted by Crippen LogP contribution is 2.31. The van der Waals surface area contributed by atoms with Crippen molar-refractivity contribution >= 4 is 11.7 Å². The van der Waals surface area contributed by atoms with Gasteiger partial charge in [-0.05, 0) is 18.6 Å². The predicted octanol–water partition coefficient (Wildman–Crippen LogP) is 1.34. The lowest BCUT2D eigenvalue weighted by Crippen LogP contribution is -2.39. The average Bonchev–Trinajstić information content (AvgIpc) is 2.28. The number of methoxy groups -OCH3 is 1. The lowest BCUT2D eigenvalue weighted by atomic mass is 10.1. The molecule has 0 amide bonds. The lowest BCUT2D eigenvalue weighted by Gasteiger charge is -2.26. The first-order chi connectivity index (χ1) is 7.22. The molecule has 0 spiro atoms. The number of anilines is 1. The van der Waals surface area contributed by atoms with Crippen LogP contribution in [0.5, 0.6) is 5.75 Å². The van der Waals surface area contributed by atoms with E-state index in [0.717, 1.165) is 17.0 Å². The number of carbonyl (C=O) groups excluding carboxylic acids is 1. The van der Waals surface area contributed by atoms with Crippen LogP contribution in [0.2, 0.25) is 0 Å². The topological polar surface area (TPSA) is 47.6 Å². The third-order valence-corrected chi connectivity index (χ3v) is 2.44. The highest BCUT2D eigenvalue weighted by molar-refractivity contribution is 5.81. The van der Waals surface area contributed by atoms with Crippen molar-refractivity contribution in [1.82, 2.24) is 0 Å². The minimum Gasteiger partial charge on any atom is -0.489 e. The zero-order valence-electron chi connectivity index (χ0n) is 8.74. The molecule has 2 rings (SSSR count). The Kier molecular flexibility index (Phi) is 2.49. The SMILES string of the molecule is COC(=O)C1COc2cccc(C)c2N1. The largest absolute Gasteiger partial charge is 0.489 e. The fraction of sp³-hybridized carbons (Fsp3) is 0.364. The monoisotopic (exact) mass is 207 g/mol. The quantitative estimate of drug-likeness (QED) is 0.706. The molecule has 1 aliphatic rings. The maximum absolute atomic E-state index is 11.3. The number of hydrogen-bond acceptors (Lipinski definition) is 4. The van der Waals surface area contributed by atoms with Crippen molar-refractivity contribution in [3.63, 3.8) is 0 Å². The first kappa shape index (κ1) is 9.83. The number of carbonyl (C=O) groups is 1. The van der Waals surface area contributed by atoms with E-state index < -0.39 is 6.04 Å². The van der Waals surface area contributed by atoms with Gasteiger partial charge in [0.05, 0.1) is 12.8 Å². The van der Waals surface area contributed by atoms with E-state index >= 15 is 0 Å². The van der Waals surface area contributed by atoms with Gasteiger partial charge in [-0.3, -0.25) is 0 Å². The Hall–Kier alpha value is -1.71. The highest BCUT2D eigenvalue weighted by Gasteiger charge is 2.26. The van der Waals surface area contributed by atoms with Crippen molar-refractivity contribution in [2.45, 2.75) is 13.0 Å². The van der Waals surface area contributed by atoms with Gasteiger partial charge >= 0.3 is 5.97 Å². The van der Waals surface area contributed by atoms with Gasteiger partial charge < -0.3 is 14.8 Å². The zero-order valence-corrected chi connectivity index (χ0v) is 8.74. The van der Waals surface area contributed by atoms with Gasteiger partial charge in [0.1, 0.15) is 12.4 Å². The Morgan fingerprint density at radius 3 is 3.13 bits per heavy atom. The van der Waals surface area contributed by atoms with Crippen molar-refractivity contribution in [3.05, 3.63) is 23.8 Å². The van der Waals surface area contributed by atoms with Crippen LogP contribution in [-0.2, 0) is 9.53 Å². The van der Waals surface area contributed by atoms with Crippen LogP contribution in [0, 0.1) is 6.92 Å². The second-order valence-corrected chi connectivity index (χ2v) is 3.48. The van der Waals surface area contributed by atoms with Crippen molar-refractivity contribution in [2.24, 2.45) is 0 Å². The molecular weight excluding hydrogens is 194 g/mol. The van der Waals surface area contributed by atoms with Crippen LogP contribution < -0.4 is 10.1 Å². The van der Waals surface area contributed by atoms with Crippen molar-refractivity contribution in [3.8, 4) is 5.75 Å². The van der Waals surface area contributed by atoms with Gasteiger partial charge in [0, 0.05) is 0 Å². The first-order valence-corrected chi connectivity index (χ1v) is 4.79. The van der Waals surface area contributed by atoms with Crippen LogP contribution in [0.1, 0.15) is 5.56 Å². The molecular formula is C11H13NO3. The van der Waals surface area contributed by atoms with E-state index in [4.69, 9.17) is 4.74 Å². The molecule has 1 aromatic rings. The van der Waals surface area contributed by atoms with E-state index in [2.05, 4.69) is 10.1 Å². The van der Waals surface area contributed by atoms with E-state index in [1.54, 1.807) is 0 Å². The van der Waals surface area contributed by atoms with E-state index in [1.165, 1.54) is 7.11 Å². The van der Waals surface area contributed by atoms with E-state index in [9.17, 15) is 4.79 Å². The van der Waals surface area contributed by atoms with Crippen LogP contribution in [0.4, 0.5) is 5.69 Å². The molecule has 0 aromatic heterocycles. The minimum atomic E-state index is -0.413. The summed E-state index contributed by atoms with van der Waals surface area (Å²) in [7, 11) is 1.37. The molecule has 1 aromatic carbocycles. The summed E-state index contributed by atoms with van der Waals surface area (Å²) in [4.78, 5) is 11.3. The Bertz CT molecular complexity index is 389. The third-order valence-electron chi connectivity index (χ3n) is 2.44. The van der Waals surface area contributed by atoms with E-state index in [1.807, 2.05) is 25.1 Å². The fourth-order valence-electron chi connectivity index (χ4n) is 1.60. The molecule has 1 aliphatic heterocycles. The maximum atomic E-state index is 11.3. The average molecular weight is 207 g/mol. The maximum Gasteiger partial charge on any atom is 0.331 e. The molecule has 4 nitrogen and oxygen atoms in total. The normalized spacial score (nSPS) is 18.4. The second-order valence-electron chi connectivity index (χ2n) is 3.48. The van der Waals surface area contributed by atoms with Crippen LogP contribution in [0.25, 0.3) is 0 Å². The van der Waals surface area contributed by atoms with Crippen molar-refractivity contribution < 1.29 is 14.3 Å². The molecule has 1 heterocycles. The number of para-hydroxylation sites is 1. The molecule has 0 radical (unpaired) electrons. The lowest BCUT2D eigenvalue weighted by molar-refractivity contribution is -0.142. The van der Waals surface area contributed by atoms with Gasteiger partial charge in [-0.2, -0.15) is 0 Å². The number of rotatable bonds is 1. The minimum absolute atomic E-state index is 0.302. The fourth-order valence-corrected chi connectivity index (χ4v) is 1.60. The number of hydrogen-bond donors (Lipinski definition) is 1. The molecule has 15 heavy (non-hydrogen) atoms. The molecule has 1 atom stereocenters. The molecule has 0 fully saturated rings. The molecule has 80 valence electrons. The molecule has 0 saturated carbocycles. The summed E-state index contributed by atoms with van der Waals surface area (Å²) in [5, 5.41) is 3.12. The molecule has 1 unspecified atom stereocenters. The molecule has 4 heteroatoms. The number of nitrogens with one attached hydrogen (secondary N) is 1. The van der Waals surface area contributed by atoms with Crippen LogP contribution in [0.15, 0.2) is 18.2 Å². The van der Waals surface area contributed by atoms with Crippen LogP contribution >= 0.6 is 0 Å². The summed E-state index contributed by atoms with van der Waals surface area (Å²) in [5.41, 5.74) is 1.93. The Labute approximate surface area is 88.2 Å². The number of aryl methyl sites for hydroxylation is 1. The molecule has 0 aliphatic carbocycles. The van der Waals surface area contributed by atoms with Gasteiger partial charge in [0.15, 0.2) is 6.04 Å². The van der Waals surface area contributed by atoms with Gasteiger partial charge in [-0.1, -0.05) is 12.1 Å². The number of fused-ring (bicyclic) bond motifs is 1. The number of ether oxygens (including phenoxy) is 2. The summed E-state index contributed by atoms with van der Waals surface area (Å²) in [6.07, 6.45) is 0. The Balaban J connectivity index is 2.26. The molecule has 1 N–H and O–H groups in total. The van der Waals surface area contributed by atoms with Crippen LogP contribution in [-0.4, -0.2) is 25.7 Å². The highest BCUT2D eigenvalue weighted by atomic mass is 16.5. The van der Waals surface area contributed by atoms with Crippen LogP contribution in [0.3, 0.4) is 0 Å². The summed E-state index contributed by atoms with van der Waals surface area (Å²) < 4.78 is 10.1. The number of benzene rings is 1. The zero-order chi connectivity index (χ0) is 10.8. The summed E-state index contributed by atoms with van der Waals surface area (Å²) >= 11 is 0. The van der Waals surface area contributed by atoms with Crippen molar-refractivity contribution in [2.75, 3.05) is 19.0 Å². The standard InChI is InChI=1S/C11H13NO3/c1-7-4-3-5-9-10(7)12-8(6-15-9)11(13)14-2/h3-5,8,12H,6H2,1-2H3. The van der Waals surface area contributed by atoms with Gasteiger partial charge in [-0.15, -0.1) is 0 Å². The summed E-state index contributed by atoms with van der Waals surface area (Å²) in [6.45, 7) is 2.28. The van der Waals surface area contributed by atoms with E-state index in [-0.39, 0.29) is 5.97 Å².